The van der Waals surface area contributed by atoms with Gasteiger partial charge in [-0.15, -0.1) is 0 Å². The number of ketones is 1. The van der Waals surface area contributed by atoms with Crippen LogP contribution in [0.5, 0.6) is 0 Å². The molecule has 0 aliphatic carbocycles. The summed E-state index contributed by atoms with van der Waals surface area (Å²) in [6, 6.07) is 1.49. The van der Waals surface area contributed by atoms with E-state index in [1.54, 1.807) is 0 Å². The van der Waals surface area contributed by atoms with Gasteiger partial charge in [-0.3, -0.25) is 4.79 Å². The Morgan fingerprint density at radius 3 is 2.19 bits per heavy atom. The summed E-state index contributed by atoms with van der Waals surface area (Å²) >= 11 is 0. The van der Waals surface area contributed by atoms with Gasteiger partial charge in [-0.05, 0) is 18.6 Å². The molecule has 16 heavy (non-hydrogen) atoms. The fraction of sp³-hybridized carbons (Fsp3) is 0.417. The quantitative estimate of drug-likeness (QED) is 0.426. The standard InChI is InChI=1S/C12H13F3O/c1-2-3-4-5-11(16)8-6-9(13)12(15)10(14)7-8/h6-7H,2-5H2,1H3. The van der Waals surface area contributed by atoms with E-state index in [0.29, 0.717) is 6.42 Å². The Morgan fingerprint density at radius 1 is 1.12 bits per heavy atom. The number of halogens is 3. The molecule has 0 amide bonds. The normalized spacial score (nSPS) is 10.5. The largest absolute Gasteiger partial charge is 0.294 e. The molecule has 0 spiro atoms. The molecule has 0 N–H and O–H groups in total. The topological polar surface area (TPSA) is 17.1 Å². The summed E-state index contributed by atoms with van der Waals surface area (Å²) < 4.78 is 38.3. The molecule has 1 aromatic carbocycles. The SMILES string of the molecule is CCCCCC(=O)c1cc(F)c(F)c(F)c1. The number of carbonyl (C=O) groups is 1. The molecule has 88 valence electrons. The molecule has 1 nitrogen and oxygen atoms in total. The highest BCUT2D eigenvalue weighted by Gasteiger charge is 2.14. The van der Waals surface area contributed by atoms with E-state index in [1.807, 2.05) is 6.92 Å². The lowest BCUT2D eigenvalue weighted by molar-refractivity contribution is 0.0978. The lowest BCUT2D eigenvalue weighted by Crippen LogP contribution is -2.02. The number of rotatable bonds is 5. The molecular formula is C12H13F3O. The van der Waals surface area contributed by atoms with Crippen LogP contribution in [-0.4, -0.2) is 5.78 Å². The Labute approximate surface area is 92.3 Å². The van der Waals surface area contributed by atoms with Gasteiger partial charge in [-0.1, -0.05) is 19.8 Å². The number of hydrogen-bond acceptors (Lipinski definition) is 1. The van der Waals surface area contributed by atoms with Crippen molar-refractivity contribution in [1.82, 2.24) is 0 Å². The second-order valence-electron chi connectivity index (χ2n) is 3.63. The minimum atomic E-state index is -1.54. The average molecular weight is 230 g/mol. The third-order valence-electron chi connectivity index (χ3n) is 2.31. The van der Waals surface area contributed by atoms with Crippen molar-refractivity contribution in [2.75, 3.05) is 0 Å². The maximum Gasteiger partial charge on any atom is 0.194 e. The van der Waals surface area contributed by atoms with Gasteiger partial charge in [0.15, 0.2) is 23.2 Å². The zero-order valence-electron chi connectivity index (χ0n) is 9.03. The van der Waals surface area contributed by atoms with Crippen LogP contribution in [0.15, 0.2) is 12.1 Å². The highest BCUT2D eigenvalue weighted by Crippen LogP contribution is 2.16. The van der Waals surface area contributed by atoms with Gasteiger partial charge in [-0.2, -0.15) is 0 Å². The third kappa shape index (κ3) is 3.08. The molecule has 0 fully saturated rings. The number of unbranched alkanes of at least 4 members (excludes halogenated alkanes) is 2. The van der Waals surface area contributed by atoms with Crippen LogP contribution >= 0.6 is 0 Å². The lowest BCUT2D eigenvalue weighted by atomic mass is 10.0. The molecule has 0 saturated carbocycles. The fourth-order valence-corrected chi connectivity index (χ4v) is 1.40. The van der Waals surface area contributed by atoms with E-state index in [4.69, 9.17) is 0 Å². The molecule has 0 heterocycles. The molecule has 0 saturated heterocycles. The van der Waals surface area contributed by atoms with Crippen LogP contribution < -0.4 is 0 Å². The molecule has 0 atom stereocenters. The molecule has 1 rings (SSSR count). The van der Waals surface area contributed by atoms with Crippen molar-refractivity contribution in [1.29, 1.82) is 0 Å². The predicted octanol–water partition coefficient (Wildman–Crippen LogP) is 3.87. The smallest absolute Gasteiger partial charge is 0.194 e. The summed E-state index contributed by atoms with van der Waals surface area (Å²) in [7, 11) is 0. The fourth-order valence-electron chi connectivity index (χ4n) is 1.40. The molecule has 0 aliphatic heterocycles. The monoisotopic (exact) mass is 230 g/mol. The van der Waals surface area contributed by atoms with E-state index in [0.717, 1.165) is 25.0 Å². The molecule has 0 aromatic heterocycles. The highest BCUT2D eigenvalue weighted by molar-refractivity contribution is 5.96. The van der Waals surface area contributed by atoms with Gasteiger partial charge in [-0.25, -0.2) is 13.2 Å². The highest BCUT2D eigenvalue weighted by atomic mass is 19.2. The van der Waals surface area contributed by atoms with Crippen LogP contribution in [0.1, 0.15) is 43.0 Å². The average Bonchev–Trinajstić information content (AvgIpc) is 2.25. The summed E-state index contributed by atoms with van der Waals surface area (Å²) in [5.74, 6) is -4.53. The van der Waals surface area contributed by atoms with Gasteiger partial charge in [0.1, 0.15) is 0 Å². The minimum absolute atomic E-state index is 0.104. The van der Waals surface area contributed by atoms with Gasteiger partial charge in [0.05, 0.1) is 0 Å². The summed E-state index contributed by atoms with van der Waals surface area (Å²) in [5.41, 5.74) is -0.104. The van der Waals surface area contributed by atoms with Gasteiger partial charge in [0.2, 0.25) is 0 Å². The summed E-state index contributed by atoms with van der Waals surface area (Å²) in [6.07, 6.45) is 2.76. The van der Waals surface area contributed by atoms with Crippen LogP contribution in [0.25, 0.3) is 0 Å². The molecule has 4 heteroatoms. The summed E-state index contributed by atoms with van der Waals surface area (Å²) in [4.78, 5) is 11.5. The van der Waals surface area contributed by atoms with E-state index in [1.165, 1.54) is 0 Å². The second-order valence-corrected chi connectivity index (χ2v) is 3.63. The van der Waals surface area contributed by atoms with Gasteiger partial charge < -0.3 is 0 Å². The van der Waals surface area contributed by atoms with Crippen molar-refractivity contribution >= 4 is 5.78 Å². The Balaban J connectivity index is 2.76. The van der Waals surface area contributed by atoms with Crippen molar-refractivity contribution in [2.24, 2.45) is 0 Å². The van der Waals surface area contributed by atoms with Crippen molar-refractivity contribution in [3.05, 3.63) is 35.1 Å². The maximum absolute atomic E-state index is 12.8. The molecule has 0 unspecified atom stereocenters. The lowest BCUT2D eigenvalue weighted by Gasteiger charge is -2.02. The van der Waals surface area contributed by atoms with Crippen LogP contribution in [0.3, 0.4) is 0 Å². The first-order chi connectivity index (χ1) is 7.56. The van der Waals surface area contributed by atoms with Gasteiger partial charge in [0, 0.05) is 12.0 Å². The first kappa shape index (κ1) is 12.7. The van der Waals surface area contributed by atoms with Crippen LogP contribution in [0.2, 0.25) is 0 Å². The first-order valence-corrected chi connectivity index (χ1v) is 5.24. The maximum atomic E-state index is 12.8. The van der Waals surface area contributed by atoms with Crippen molar-refractivity contribution in [3.63, 3.8) is 0 Å². The van der Waals surface area contributed by atoms with Crippen LogP contribution in [-0.2, 0) is 0 Å². The number of Topliss-reactive ketones (excluding diaryl/α,β-unsaturated/α-hetero) is 1. The number of hydrogen-bond donors (Lipinski definition) is 0. The summed E-state index contributed by atoms with van der Waals surface area (Å²) in [6.45, 7) is 1.99. The predicted molar refractivity (Wildman–Crippen MR) is 54.8 cm³/mol. The molecular weight excluding hydrogens is 217 g/mol. The van der Waals surface area contributed by atoms with Crippen molar-refractivity contribution in [3.8, 4) is 0 Å². The van der Waals surface area contributed by atoms with E-state index in [9.17, 15) is 18.0 Å². The van der Waals surface area contributed by atoms with Gasteiger partial charge in [0.25, 0.3) is 0 Å². The van der Waals surface area contributed by atoms with E-state index in [-0.39, 0.29) is 17.8 Å². The Hall–Kier alpha value is -1.32. The van der Waals surface area contributed by atoms with Crippen LogP contribution in [0, 0.1) is 17.5 Å². The molecule has 1 aromatic rings. The molecule has 0 radical (unpaired) electrons. The Morgan fingerprint density at radius 2 is 1.69 bits per heavy atom. The number of benzene rings is 1. The second kappa shape index (κ2) is 5.68. The zero-order chi connectivity index (χ0) is 12.1. The van der Waals surface area contributed by atoms with E-state index >= 15 is 0 Å². The molecule has 0 bridgehead atoms. The van der Waals surface area contributed by atoms with Gasteiger partial charge >= 0.3 is 0 Å². The van der Waals surface area contributed by atoms with E-state index in [2.05, 4.69) is 0 Å². The first-order valence-electron chi connectivity index (χ1n) is 5.24. The van der Waals surface area contributed by atoms with Crippen LogP contribution in [0.4, 0.5) is 13.2 Å². The summed E-state index contributed by atoms with van der Waals surface area (Å²) in [5, 5.41) is 0. The Kier molecular flexibility index (Phi) is 4.52. The van der Waals surface area contributed by atoms with Crippen molar-refractivity contribution < 1.29 is 18.0 Å². The van der Waals surface area contributed by atoms with Crippen molar-refractivity contribution in [2.45, 2.75) is 32.6 Å². The minimum Gasteiger partial charge on any atom is -0.294 e. The number of carbonyl (C=O) groups excluding carboxylic acids is 1. The Bertz CT molecular complexity index is 365. The van der Waals surface area contributed by atoms with E-state index < -0.39 is 17.5 Å². The third-order valence-corrected chi connectivity index (χ3v) is 2.31. The zero-order valence-corrected chi connectivity index (χ0v) is 9.03. The molecule has 0 aliphatic rings.